The van der Waals surface area contributed by atoms with Gasteiger partial charge in [-0.15, -0.1) is 42.0 Å². The molecule has 0 unspecified atom stereocenters. The maximum Gasteiger partial charge on any atom is 0.169 e. The molecule has 4 nitrogen and oxygen atoms in total. The molecule has 0 bridgehead atoms. The van der Waals surface area contributed by atoms with Crippen molar-refractivity contribution >= 4 is 50.6 Å². The molecule has 1 radical (unpaired) electrons. The number of ether oxygens (including phenoxy) is 1. The summed E-state index contributed by atoms with van der Waals surface area (Å²) in [6.07, 6.45) is 3.65. The molecule has 279 valence electrons. The van der Waals surface area contributed by atoms with Crippen LogP contribution in [0.4, 0.5) is 0 Å². The van der Waals surface area contributed by atoms with Crippen molar-refractivity contribution in [1.82, 2.24) is 14.5 Å². The van der Waals surface area contributed by atoms with Crippen molar-refractivity contribution in [1.29, 1.82) is 0 Å². The Morgan fingerprint density at radius 2 is 1.02 bits per heavy atom. The summed E-state index contributed by atoms with van der Waals surface area (Å²) < 4.78 is 8.94. The molecule has 6 heteroatoms. The van der Waals surface area contributed by atoms with Gasteiger partial charge in [-0.1, -0.05) is 156 Å². The van der Waals surface area contributed by atoms with Gasteiger partial charge in [-0.3, -0.25) is 0 Å². The summed E-state index contributed by atoms with van der Waals surface area (Å²) in [6.45, 7) is 0. The molecule has 1 aliphatic heterocycles. The smallest absolute Gasteiger partial charge is 0.169 e. The number of para-hydroxylation sites is 3. The molecule has 1 aliphatic rings. The maximum atomic E-state index is 6.62. The van der Waals surface area contributed by atoms with Crippen LogP contribution in [0.3, 0.4) is 0 Å². The fourth-order valence-corrected chi connectivity index (χ4v) is 13.3. The minimum Gasteiger partial charge on any atom is -0.502 e. The van der Waals surface area contributed by atoms with Crippen LogP contribution in [0.25, 0.3) is 50.0 Å². The molecule has 11 rings (SSSR count). The SMILES string of the molecule is [Ir].[c-]1ccc2c(c1-c1ccccn1)Oc1ccccc1[Si]2(c1ccccc1)c1ccccc1.[c-]1ccc2c3ccccc3n(-c3ccccc3)c2c1-c1ccccn1. The van der Waals surface area contributed by atoms with E-state index >= 15 is 0 Å². The third-order valence-electron chi connectivity index (χ3n) is 10.8. The molecule has 0 fully saturated rings. The normalized spacial score (nSPS) is 12.3. The molecule has 7 aromatic carbocycles. The number of nitrogens with zero attached hydrogens (tertiary/aromatic N) is 3. The van der Waals surface area contributed by atoms with Crippen molar-refractivity contribution in [3.63, 3.8) is 0 Å². The predicted octanol–water partition coefficient (Wildman–Crippen LogP) is 9.68. The first-order valence-electron chi connectivity index (χ1n) is 19.1. The van der Waals surface area contributed by atoms with E-state index in [1.54, 1.807) is 0 Å². The number of pyridine rings is 2. The molecule has 0 amide bonds. The van der Waals surface area contributed by atoms with E-state index in [0.29, 0.717) is 0 Å². The van der Waals surface area contributed by atoms with Gasteiger partial charge in [-0.25, -0.2) is 0 Å². The second kappa shape index (κ2) is 16.0. The van der Waals surface area contributed by atoms with Crippen LogP contribution in [0.5, 0.6) is 11.5 Å². The van der Waals surface area contributed by atoms with Crippen LogP contribution in [0.15, 0.2) is 213 Å². The predicted molar refractivity (Wildman–Crippen MR) is 235 cm³/mol. The largest absolute Gasteiger partial charge is 0.502 e. The Hall–Kier alpha value is -6.69. The monoisotopic (exact) mass is 938 g/mol. The molecule has 0 spiro atoms. The maximum absolute atomic E-state index is 6.62. The van der Waals surface area contributed by atoms with Gasteiger partial charge < -0.3 is 19.3 Å². The fourth-order valence-electron chi connectivity index (χ4n) is 8.38. The van der Waals surface area contributed by atoms with Gasteiger partial charge in [0.15, 0.2) is 8.07 Å². The summed E-state index contributed by atoms with van der Waals surface area (Å²) in [6, 6.07) is 76.4. The third kappa shape index (κ3) is 6.28. The van der Waals surface area contributed by atoms with Crippen LogP contribution < -0.4 is 25.5 Å². The summed E-state index contributed by atoms with van der Waals surface area (Å²) in [4.78, 5) is 9.17. The quantitative estimate of drug-likeness (QED) is 0.128. The zero-order valence-electron chi connectivity index (χ0n) is 31.3. The molecule has 0 N–H and O–H groups in total. The van der Waals surface area contributed by atoms with E-state index in [2.05, 4.69) is 166 Å². The average Bonchev–Trinajstić information content (AvgIpc) is 3.64. The second-order valence-corrected chi connectivity index (χ2v) is 17.6. The minimum absolute atomic E-state index is 0. The molecule has 0 aliphatic carbocycles. The van der Waals surface area contributed by atoms with E-state index in [4.69, 9.17) is 4.74 Å². The molecule has 58 heavy (non-hydrogen) atoms. The zero-order valence-corrected chi connectivity index (χ0v) is 34.7. The number of hydrogen-bond donors (Lipinski definition) is 0. The zero-order chi connectivity index (χ0) is 38.0. The average molecular weight is 938 g/mol. The van der Waals surface area contributed by atoms with Crippen molar-refractivity contribution < 1.29 is 24.8 Å². The molecule has 4 heterocycles. The van der Waals surface area contributed by atoms with Gasteiger partial charge in [0.1, 0.15) is 5.75 Å². The van der Waals surface area contributed by atoms with Gasteiger partial charge in [0, 0.05) is 49.5 Å². The van der Waals surface area contributed by atoms with Crippen LogP contribution >= 0.6 is 0 Å². The summed E-state index contributed by atoms with van der Waals surface area (Å²) >= 11 is 0. The van der Waals surface area contributed by atoms with Crippen LogP contribution in [0.2, 0.25) is 0 Å². The Morgan fingerprint density at radius 3 is 1.69 bits per heavy atom. The summed E-state index contributed by atoms with van der Waals surface area (Å²) in [5, 5.41) is 7.63. The first kappa shape index (κ1) is 36.9. The van der Waals surface area contributed by atoms with Gasteiger partial charge in [-0.2, -0.15) is 0 Å². The van der Waals surface area contributed by atoms with Crippen LogP contribution in [-0.4, -0.2) is 22.6 Å². The van der Waals surface area contributed by atoms with Crippen LogP contribution in [-0.2, 0) is 20.1 Å². The Labute approximate surface area is 352 Å². The number of benzene rings is 7. The summed E-state index contributed by atoms with van der Waals surface area (Å²) in [7, 11) is -2.61. The van der Waals surface area contributed by atoms with Gasteiger partial charge >= 0.3 is 0 Å². The van der Waals surface area contributed by atoms with Crippen molar-refractivity contribution in [3.05, 3.63) is 225 Å². The van der Waals surface area contributed by atoms with E-state index in [-0.39, 0.29) is 20.1 Å². The van der Waals surface area contributed by atoms with E-state index in [1.165, 1.54) is 37.0 Å². The molecule has 3 aromatic heterocycles. The molecule has 0 saturated carbocycles. The number of fused-ring (bicyclic) bond motifs is 5. The Balaban J connectivity index is 0.000000152. The molecular weight excluding hydrogens is 903 g/mol. The Morgan fingerprint density at radius 1 is 0.466 bits per heavy atom. The molecule has 10 aromatic rings. The van der Waals surface area contributed by atoms with Gasteiger partial charge in [0.05, 0.1) is 0 Å². The Kier molecular flexibility index (Phi) is 10.2. The molecular formula is C52H35IrN3OSi-2. The summed E-state index contributed by atoms with van der Waals surface area (Å²) in [5.41, 5.74) is 7.22. The minimum atomic E-state index is -2.61. The topological polar surface area (TPSA) is 39.9 Å². The van der Waals surface area contributed by atoms with Gasteiger partial charge in [0.25, 0.3) is 0 Å². The van der Waals surface area contributed by atoms with Crippen molar-refractivity contribution in [2.75, 3.05) is 0 Å². The Bertz CT molecular complexity index is 2940. The summed E-state index contributed by atoms with van der Waals surface area (Å²) in [5.74, 6) is 1.78. The van der Waals surface area contributed by atoms with E-state index in [0.717, 1.165) is 45.2 Å². The van der Waals surface area contributed by atoms with Gasteiger partial charge in [0.2, 0.25) is 0 Å². The fraction of sp³-hybridized carbons (Fsp3) is 0. The van der Waals surface area contributed by atoms with E-state index < -0.39 is 8.07 Å². The second-order valence-electron chi connectivity index (χ2n) is 13.9. The first-order chi connectivity index (χ1) is 28.3. The number of hydrogen-bond acceptors (Lipinski definition) is 3. The van der Waals surface area contributed by atoms with Crippen molar-refractivity contribution in [2.45, 2.75) is 0 Å². The van der Waals surface area contributed by atoms with E-state index in [9.17, 15) is 0 Å². The third-order valence-corrected chi connectivity index (χ3v) is 15.6. The molecule has 0 atom stereocenters. The molecule has 0 saturated heterocycles. The van der Waals surface area contributed by atoms with Crippen LogP contribution in [0, 0.1) is 12.1 Å². The standard InChI is InChI=1S/C29H20NOSi.C23H15N2.Ir/c1-3-12-22(13-4-1)32(23-14-5-2-6-15-23)27-19-8-7-18-26(27)31-29-24(16-11-20-28(29)32)25-17-9-10-21-30-25;1-2-9-17(10-3-1)25-22-15-5-4-11-18(22)19-12-8-13-20(23(19)25)21-14-6-7-16-24-21;/h1-15,17-21H;1-12,14-16H;/q2*-1;. The van der Waals surface area contributed by atoms with Crippen LogP contribution in [0.1, 0.15) is 0 Å². The number of aromatic nitrogens is 3. The number of rotatable bonds is 5. The van der Waals surface area contributed by atoms with E-state index in [1.807, 2.05) is 73.1 Å². The van der Waals surface area contributed by atoms with Crippen molar-refractivity contribution in [2.24, 2.45) is 0 Å². The van der Waals surface area contributed by atoms with Crippen molar-refractivity contribution in [3.8, 4) is 39.7 Å². The van der Waals surface area contributed by atoms with Gasteiger partial charge in [-0.05, 0) is 74.2 Å². The first-order valence-corrected chi connectivity index (χ1v) is 21.1.